The van der Waals surface area contributed by atoms with Gasteiger partial charge in [-0.2, -0.15) is 5.10 Å². The highest BCUT2D eigenvalue weighted by atomic mass is 79.9. The van der Waals surface area contributed by atoms with Crippen molar-refractivity contribution < 1.29 is 0 Å². The third kappa shape index (κ3) is 4.73. The molecule has 0 saturated carbocycles. The molecule has 1 unspecified atom stereocenters. The zero-order chi connectivity index (χ0) is 13.5. The van der Waals surface area contributed by atoms with Crippen LogP contribution in [0.25, 0.3) is 0 Å². The molecule has 0 radical (unpaired) electrons. The molecule has 1 rings (SSSR count). The fourth-order valence-electron chi connectivity index (χ4n) is 1.89. The maximum atomic E-state index is 4.67. The lowest BCUT2D eigenvalue weighted by atomic mass is 10.2. The minimum atomic E-state index is 0.494. The van der Waals surface area contributed by atoms with Crippen molar-refractivity contribution in [3.8, 4) is 0 Å². The van der Waals surface area contributed by atoms with Crippen LogP contribution in [0.2, 0.25) is 0 Å². The molecule has 4 heteroatoms. The van der Waals surface area contributed by atoms with Crippen molar-refractivity contribution in [3.05, 3.63) is 18.0 Å². The normalized spacial score (nSPS) is 13.5. The smallest absolute Gasteiger partial charge is 0.0764 e. The summed E-state index contributed by atoms with van der Waals surface area (Å²) in [6.45, 7) is 11.0. The first kappa shape index (κ1) is 15.7. The van der Waals surface area contributed by atoms with Gasteiger partial charge in [-0.1, -0.05) is 22.9 Å². The quantitative estimate of drug-likeness (QED) is 0.679. The molecule has 0 aliphatic heterocycles. The fraction of sp³-hybridized carbons (Fsp3) is 0.786. The first-order chi connectivity index (χ1) is 8.58. The lowest BCUT2D eigenvalue weighted by molar-refractivity contribution is 0.210. The second kappa shape index (κ2) is 7.95. The van der Waals surface area contributed by atoms with Crippen molar-refractivity contribution in [2.24, 2.45) is 0 Å². The lowest BCUT2D eigenvalue weighted by Crippen LogP contribution is -2.31. The Labute approximate surface area is 120 Å². The minimum Gasteiger partial charge on any atom is -0.295 e. The van der Waals surface area contributed by atoms with E-state index in [1.807, 2.05) is 0 Å². The Morgan fingerprint density at radius 1 is 1.39 bits per heavy atom. The highest BCUT2D eigenvalue weighted by Crippen LogP contribution is 2.12. The standard InChI is InChI=1S/C14H26BrN3/c1-5-13(4)18-10-7-14(16-18)11-17(12(2)3)9-6-8-15/h7,10,12-13H,5-6,8-9,11H2,1-4H3. The van der Waals surface area contributed by atoms with Crippen LogP contribution in [0.5, 0.6) is 0 Å². The van der Waals surface area contributed by atoms with E-state index in [2.05, 4.69) is 70.6 Å². The summed E-state index contributed by atoms with van der Waals surface area (Å²) in [5.41, 5.74) is 1.18. The molecule has 0 aliphatic carbocycles. The van der Waals surface area contributed by atoms with Crippen LogP contribution in [0.15, 0.2) is 12.3 Å². The van der Waals surface area contributed by atoms with Crippen molar-refractivity contribution >= 4 is 15.9 Å². The molecule has 0 N–H and O–H groups in total. The van der Waals surface area contributed by atoms with Gasteiger partial charge in [0, 0.05) is 30.2 Å². The maximum absolute atomic E-state index is 4.67. The highest BCUT2D eigenvalue weighted by molar-refractivity contribution is 9.09. The van der Waals surface area contributed by atoms with Gasteiger partial charge in [0.05, 0.1) is 5.69 Å². The summed E-state index contributed by atoms with van der Waals surface area (Å²) in [6, 6.07) is 3.21. The first-order valence-corrected chi connectivity index (χ1v) is 8.04. The third-order valence-electron chi connectivity index (χ3n) is 3.38. The molecule has 0 amide bonds. The Morgan fingerprint density at radius 3 is 2.67 bits per heavy atom. The van der Waals surface area contributed by atoms with Gasteiger partial charge in [0.25, 0.3) is 0 Å². The lowest BCUT2D eigenvalue weighted by Gasteiger charge is -2.25. The summed E-state index contributed by atoms with van der Waals surface area (Å²) in [4.78, 5) is 2.48. The molecular weight excluding hydrogens is 290 g/mol. The maximum Gasteiger partial charge on any atom is 0.0764 e. The number of hydrogen-bond donors (Lipinski definition) is 0. The number of halogens is 1. The van der Waals surface area contributed by atoms with E-state index in [9.17, 15) is 0 Å². The van der Waals surface area contributed by atoms with Gasteiger partial charge in [-0.05, 0) is 46.2 Å². The average molecular weight is 316 g/mol. The summed E-state index contributed by atoms with van der Waals surface area (Å²) in [5, 5.41) is 5.74. The Morgan fingerprint density at radius 2 is 2.11 bits per heavy atom. The molecule has 0 spiro atoms. The van der Waals surface area contributed by atoms with E-state index in [0.29, 0.717) is 12.1 Å². The van der Waals surface area contributed by atoms with E-state index in [0.717, 1.165) is 24.8 Å². The van der Waals surface area contributed by atoms with Gasteiger partial charge in [-0.3, -0.25) is 9.58 Å². The fourth-order valence-corrected chi connectivity index (χ4v) is 2.14. The molecule has 3 nitrogen and oxygen atoms in total. The zero-order valence-electron chi connectivity index (χ0n) is 12.1. The van der Waals surface area contributed by atoms with Gasteiger partial charge in [0.1, 0.15) is 0 Å². The molecule has 0 saturated heterocycles. The highest BCUT2D eigenvalue weighted by Gasteiger charge is 2.12. The van der Waals surface area contributed by atoms with E-state index in [-0.39, 0.29) is 0 Å². The van der Waals surface area contributed by atoms with Crippen LogP contribution >= 0.6 is 15.9 Å². The van der Waals surface area contributed by atoms with E-state index in [1.54, 1.807) is 0 Å². The summed E-state index contributed by atoms with van der Waals surface area (Å²) < 4.78 is 2.08. The molecule has 0 bridgehead atoms. The van der Waals surface area contributed by atoms with E-state index in [1.165, 1.54) is 12.1 Å². The Kier molecular flexibility index (Phi) is 6.94. The van der Waals surface area contributed by atoms with Crippen LogP contribution in [0.1, 0.15) is 52.3 Å². The van der Waals surface area contributed by atoms with Gasteiger partial charge in [0.15, 0.2) is 0 Å². The number of aromatic nitrogens is 2. The zero-order valence-corrected chi connectivity index (χ0v) is 13.7. The predicted molar refractivity (Wildman–Crippen MR) is 81.2 cm³/mol. The predicted octanol–water partition coefficient (Wildman–Crippen LogP) is 3.85. The van der Waals surface area contributed by atoms with Gasteiger partial charge in [-0.15, -0.1) is 0 Å². The van der Waals surface area contributed by atoms with Crippen molar-refractivity contribution in [2.75, 3.05) is 11.9 Å². The van der Waals surface area contributed by atoms with E-state index in [4.69, 9.17) is 0 Å². The van der Waals surface area contributed by atoms with Gasteiger partial charge in [-0.25, -0.2) is 0 Å². The van der Waals surface area contributed by atoms with Gasteiger partial charge < -0.3 is 0 Å². The second-order valence-electron chi connectivity index (χ2n) is 5.15. The molecule has 1 atom stereocenters. The van der Waals surface area contributed by atoms with Crippen molar-refractivity contribution in [2.45, 2.75) is 59.2 Å². The van der Waals surface area contributed by atoms with Crippen LogP contribution in [0.3, 0.4) is 0 Å². The molecule has 0 aliphatic rings. The number of hydrogen-bond acceptors (Lipinski definition) is 2. The van der Waals surface area contributed by atoms with E-state index >= 15 is 0 Å². The van der Waals surface area contributed by atoms with Crippen LogP contribution in [-0.2, 0) is 6.54 Å². The molecule has 0 fully saturated rings. The summed E-state index contributed by atoms with van der Waals surface area (Å²) in [6.07, 6.45) is 4.41. The van der Waals surface area contributed by atoms with Crippen molar-refractivity contribution in [3.63, 3.8) is 0 Å². The minimum absolute atomic E-state index is 0.494. The first-order valence-electron chi connectivity index (χ1n) is 6.92. The second-order valence-corrected chi connectivity index (χ2v) is 5.94. The molecule has 104 valence electrons. The number of alkyl halides is 1. The Hall–Kier alpha value is -0.350. The molecule has 1 aromatic rings. The summed E-state index contributed by atoms with van der Waals surface area (Å²) in [5.74, 6) is 0. The van der Waals surface area contributed by atoms with Crippen molar-refractivity contribution in [1.29, 1.82) is 0 Å². The SMILES string of the molecule is CCC(C)n1ccc(CN(CCCBr)C(C)C)n1. The average Bonchev–Trinajstić information content (AvgIpc) is 2.81. The van der Waals surface area contributed by atoms with Gasteiger partial charge >= 0.3 is 0 Å². The Balaban J connectivity index is 2.60. The van der Waals surface area contributed by atoms with Gasteiger partial charge in [0.2, 0.25) is 0 Å². The van der Waals surface area contributed by atoms with E-state index < -0.39 is 0 Å². The molecule has 18 heavy (non-hydrogen) atoms. The Bertz CT molecular complexity index is 336. The molecule has 0 aromatic carbocycles. The van der Waals surface area contributed by atoms with Crippen LogP contribution in [0, 0.1) is 0 Å². The van der Waals surface area contributed by atoms with Crippen LogP contribution in [-0.4, -0.2) is 32.6 Å². The summed E-state index contributed by atoms with van der Waals surface area (Å²) >= 11 is 3.50. The largest absolute Gasteiger partial charge is 0.295 e. The number of nitrogens with zero attached hydrogens (tertiary/aromatic N) is 3. The molecule has 1 aromatic heterocycles. The third-order valence-corrected chi connectivity index (χ3v) is 3.94. The van der Waals surface area contributed by atoms with Crippen LogP contribution < -0.4 is 0 Å². The van der Waals surface area contributed by atoms with Crippen LogP contribution in [0.4, 0.5) is 0 Å². The topological polar surface area (TPSA) is 21.1 Å². The number of rotatable bonds is 8. The summed E-state index contributed by atoms with van der Waals surface area (Å²) in [7, 11) is 0. The van der Waals surface area contributed by atoms with Crippen molar-refractivity contribution in [1.82, 2.24) is 14.7 Å². The molecular formula is C14H26BrN3. The monoisotopic (exact) mass is 315 g/mol. The molecule has 1 heterocycles.